The Morgan fingerprint density at radius 2 is 2.00 bits per heavy atom. The molecule has 0 aliphatic rings. The highest BCUT2D eigenvalue weighted by molar-refractivity contribution is 5.75. The number of esters is 1. The highest BCUT2D eigenvalue weighted by Gasteiger charge is 2.14. The standard InChI is InChI=1S/C12H26N2O2/c1-4-6-7-9-14(3)10-8-11(13)12(15)16-5-2/h11H,4-10,13H2,1-3H3. The second-order valence-electron chi connectivity index (χ2n) is 4.16. The number of carbonyl (C=O) groups is 1. The van der Waals surface area contributed by atoms with Crippen LogP contribution in [0.25, 0.3) is 0 Å². The molecule has 0 aliphatic carbocycles. The second-order valence-corrected chi connectivity index (χ2v) is 4.16. The first-order valence-electron chi connectivity index (χ1n) is 6.22. The highest BCUT2D eigenvalue weighted by Crippen LogP contribution is 1.99. The average Bonchev–Trinajstić information content (AvgIpc) is 2.26. The fourth-order valence-electron chi connectivity index (χ4n) is 1.47. The smallest absolute Gasteiger partial charge is 0.322 e. The van der Waals surface area contributed by atoms with E-state index < -0.39 is 6.04 Å². The Balaban J connectivity index is 3.57. The molecule has 0 bridgehead atoms. The normalized spacial score (nSPS) is 12.8. The molecule has 0 aromatic rings. The molecule has 0 radical (unpaired) electrons. The molecule has 1 atom stereocenters. The van der Waals surface area contributed by atoms with Crippen molar-refractivity contribution in [1.82, 2.24) is 4.90 Å². The van der Waals surface area contributed by atoms with Gasteiger partial charge in [0, 0.05) is 0 Å². The van der Waals surface area contributed by atoms with Crippen molar-refractivity contribution >= 4 is 5.97 Å². The minimum absolute atomic E-state index is 0.288. The summed E-state index contributed by atoms with van der Waals surface area (Å²) in [5.74, 6) is -0.288. The molecule has 0 aromatic carbocycles. The lowest BCUT2D eigenvalue weighted by atomic mass is 10.2. The van der Waals surface area contributed by atoms with Gasteiger partial charge in [0.05, 0.1) is 6.61 Å². The van der Waals surface area contributed by atoms with Gasteiger partial charge in [-0.3, -0.25) is 4.79 Å². The molecule has 0 amide bonds. The van der Waals surface area contributed by atoms with Crippen molar-refractivity contribution in [1.29, 1.82) is 0 Å². The molecule has 96 valence electrons. The zero-order valence-electron chi connectivity index (χ0n) is 10.9. The van der Waals surface area contributed by atoms with Crippen molar-refractivity contribution < 1.29 is 9.53 Å². The van der Waals surface area contributed by atoms with Crippen LogP contribution in [0.3, 0.4) is 0 Å². The number of nitrogens with zero attached hydrogens (tertiary/aromatic N) is 1. The summed E-state index contributed by atoms with van der Waals surface area (Å²) >= 11 is 0. The lowest BCUT2D eigenvalue weighted by Crippen LogP contribution is -2.36. The fourth-order valence-corrected chi connectivity index (χ4v) is 1.47. The monoisotopic (exact) mass is 230 g/mol. The van der Waals surface area contributed by atoms with E-state index in [-0.39, 0.29) is 5.97 Å². The summed E-state index contributed by atoms with van der Waals surface area (Å²) < 4.78 is 4.85. The van der Waals surface area contributed by atoms with Crippen molar-refractivity contribution in [2.45, 2.75) is 45.6 Å². The summed E-state index contributed by atoms with van der Waals surface area (Å²) in [7, 11) is 2.06. The molecule has 0 heterocycles. The molecule has 4 nitrogen and oxygen atoms in total. The molecular formula is C12H26N2O2. The maximum atomic E-state index is 11.3. The summed E-state index contributed by atoms with van der Waals surface area (Å²) in [6.07, 6.45) is 4.37. The first kappa shape index (κ1) is 15.4. The molecule has 1 unspecified atom stereocenters. The third kappa shape index (κ3) is 7.65. The van der Waals surface area contributed by atoms with Crippen LogP contribution in [0.4, 0.5) is 0 Å². The van der Waals surface area contributed by atoms with Crippen LogP contribution in [0.15, 0.2) is 0 Å². The second kappa shape index (κ2) is 9.60. The lowest BCUT2D eigenvalue weighted by molar-refractivity contribution is -0.144. The predicted octanol–water partition coefficient (Wildman–Crippen LogP) is 1.39. The molecule has 0 aromatic heterocycles. The first-order chi connectivity index (χ1) is 7.61. The van der Waals surface area contributed by atoms with E-state index in [4.69, 9.17) is 10.5 Å². The minimum Gasteiger partial charge on any atom is -0.465 e. The fraction of sp³-hybridized carbons (Fsp3) is 0.917. The third-order valence-electron chi connectivity index (χ3n) is 2.55. The average molecular weight is 230 g/mol. The largest absolute Gasteiger partial charge is 0.465 e. The number of unbranched alkanes of at least 4 members (excludes halogenated alkanes) is 2. The summed E-state index contributed by atoms with van der Waals surface area (Å²) in [6, 6.07) is -0.478. The first-order valence-corrected chi connectivity index (χ1v) is 6.22. The molecule has 0 rings (SSSR count). The summed E-state index contributed by atoms with van der Waals surface area (Å²) in [6.45, 7) is 6.31. The third-order valence-corrected chi connectivity index (χ3v) is 2.55. The van der Waals surface area contributed by atoms with Gasteiger partial charge in [0.25, 0.3) is 0 Å². The molecule has 0 fully saturated rings. The van der Waals surface area contributed by atoms with Crippen molar-refractivity contribution in [2.24, 2.45) is 5.73 Å². The number of ether oxygens (including phenoxy) is 1. The van der Waals surface area contributed by atoms with Gasteiger partial charge in [-0.05, 0) is 39.9 Å². The van der Waals surface area contributed by atoms with Crippen LogP contribution >= 0.6 is 0 Å². The molecular weight excluding hydrogens is 204 g/mol. The van der Waals surface area contributed by atoms with Crippen LogP contribution in [0, 0.1) is 0 Å². The Labute approximate surface area is 99.1 Å². The molecule has 0 spiro atoms. The Kier molecular flexibility index (Phi) is 9.24. The lowest BCUT2D eigenvalue weighted by Gasteiger charge is -2.18. The van der Waals surface area contributed by atoms with E-state index >= 15 is 0 Å². The number of carbonyl (C=O) groups excluding carboxylic acids is 1. The number of hydrogen-bond donors (Lipinski definition) is 1. The van der Waals surface area contributed by atoms with E-state index in [1.165, 1.54) is 19.3 Å². The van der Waals surface area contributed by atoms with Crippen LogP contribution in [-0.2, 0) is 9.53 Å². The quantitative estimate of drug-likeness (QED) is 0.480. The molecule has 2 N–H and O–H groups in total. The van der Waals surface area contributed by atoms with Gasteiger partial charge in [0.1, 0.15) is 6.04 Å². The summed E-state index contributed by atoms with van der Waals surface area (Å²) in [5, 5.41) is 0. The van der Waals surface area contributed by atoms with Crippen LogP contribution < -0.4 is 5.73 Å². The maximum absolute atomic E-state index is 11.3. The van der Waals surface area contributed by atoms with Gasteiger partial charge in [-0.25, -0.2) is 0 Å². The van der Waals surface area contributed by atoms with Crippen LogP contribution in [0.2, 0.25) is 0 Å². The zero-order chi connectivity index (χ0) is 12.4. The van der Waals surface area contributed by atoms with E-state index in [1.807, 2.05) is 0 Å². The zero-order valence-corrected chi connectivity index (χ0v) is 10.9. The van der Waals surface area contributed by atoms with E-state index in [0.717, 1.165) is 13.1 Å². The van der Waals surface area contributed by atoms with E-state index in [9.17, 15) is 4.79 Å². The van der Waals surface area contributed by atoms with Crippen LogP contribution in [-0.4, -0.2) is 43.7 Å². The number of rotatable bonds is 9. The molecule has 16 heavy (non-hydrogen) atoms. The topological polar surface area (TPSA) is 55.6 Å². The molecule has 0 saturated carbocycles. The molecule has 4 heteroatoms. The summed E-state index contributed by atoms with van der Waals surface area (Å²) in [4.78, 5) is 13.5. The Morgan fingerprint density at radius 3 is 2.56 bits per heavy atom. The van der Waals surface area contributed by atoms with Gasteiger partial charge < -0.3 is 15.4 Å². The van der Waals surface area contributed by atoms with Crippen molar-refractivity contribution in [3.8, 4) is 0 Å². The molecule has 0 aliphatic heterocycles. The molecule has 0 saturated heterocycles. The minimum atomic E-state index is -0.478. The van der Waals surface area contributed by atoms with E-state index in [2.05, 4.69) is 18.9 Å². The summed E-state index contributed by atoms with van der Waals surface area (Å²) in [5.41, 5.74) is 5.71. The van der Waals surface area contributed by atoms with Gasteiger partial charge in [0.15, 0.2) is 0 Å². The number of hydrogen-bond acceptors (Lipinski definition) is 4. The van der Waals surface area contributed by atoms with Crippen molar-refractivity contribution in [3.05, 3.63) is 0 Å². The predicted molar refractivity (Wildman–Crippen MR) is 66.2 cm³/mol. The highest BCUT2D eigenvalue weighted by atomic mass is 16.5. The van der Waals surface area contributed by atoms with Gasteiger partial charge in [0.2, 0.25) is 0 Å². The Bertz CT molecular complexity index is 186. The van der Waals surface area contributed by atoms with Gasteiger partial charge >= 0.3 is 5.97 Å². The van der Waals surface area contributed by atoms with E-state index in [0.29, 0.717) is 13.0 Å². The van der Waals surface area contributed by atoms with Crippen molar-refractivity contribution in [3.63, 3.8) is 0 Å². The van der Waals surface area contributed by atoms with Gasteiger partial charge in [-0.1, -0.05) is 19.8 Å². The number of nitrogens with two attached hydrogens (primary N) is 1. The Morgan fingerprint density at radius 1 is 1.31 bits per heavy atom. The van der Waals surface area contributed by atoms with E-state index in [1.54, 1.807) is 6.92 Å². The van der Waals surface area contributed by atoms with Crippen molar-refractivity contribution in [2.75, 3.05) is 26.7 Å². The maximum Gasteiger partial charge on any atom is 0.322 e. The van der Waals surface area contributed by atoms with Crippen LogP contribution in [0.1, 0.15) is 39.5 Å². The Hall–Kier alpha value is -0.610. The van der Waals surface area contributed by atoms with Gasteiger partial charge in [-0.15, -0.1) is 0 Å². The SMILES string of the molecule is CCCCCN(C)CCC(N)C(=O)OCC. The van der Waals surface area contributed by atoms with Crippen LogP contribution in [0.5, 0.6) is 0 Å². The van der Waals surface area contributed by atoms with Gasteiger partial charge in [-0.2, -0.15) is 0 Å².